The molecular formula is C20H16N2O3S. The van der Waals surface area contributed by atoms with Gasteiger partial charge in [0.1, 0.15) is 0 Å². The highest BCUT2D eigenvalue weighted by molar-refractivity contribution is 7.16. The lowest BCUT2D eigenvalue weighted by molar-refractivity contribution is -0.380. The lowest BCUT2D eigenvalue weighted by atomic mass is 10.2. The van der Waals surface area contributed by atoms with E-state index in [1.807, 2.05) is 60.7 Å². The normalized spacial score (nSPS) is 10.8. The van der Waals surface area contributed by atoms with Crippen molar-refractivity contribution in [2.45, 2.75) is 6.54 Å². The Morgan fingerprint density at radius 3 is 2.27 bits per heavy atom. The van der Waals surface area contributed by atoms with Gasteiger partial charge in [0.25, 0.3) is 5.91 Å². The summed E-state index contributed by atoms with van der Waals surface area (Å²) in [6, 6.07) is 22.2. The molecule has 0 N–H and O–H groups in total. The van der Waals surface area contributed by atoms with Gasteiger partial charge in [0, 0.05) is 22.7 Å². The van der Waals surface area contributed by atoms with E-state index in [0.717, 1.165) is 22.6 Å². The third-order valence-corrected chi connectivity index (χ3v) is 4.70. The molecule has 0 aliphatic carbocycles. The first-order valence-electron chi connectivity index (χ1n) is 7.96. The van der Waals surface area contributed by atoms with Crippen LogP contribution in [0.25, 0.3) is 6.08 Å². The number of benzene rings is 2. The first-order chi connectivity index (χ1) is 12.6. The van der Waals surface area contributed by atoms with Crippen molar-refractivity contribution in [1.82, 2.24) is 0 Å². The summed E-state index contributed by atoms with van der Waals surface area (Å²) in [6.07, 6.45) is 3.06. The Morgan fingerprint density at radius 2 is 1.65 bits per heavy atom. The summed E-state index contributed by atoms with van der Waals surface area (Å²) < 4.78 is 0. The van der Waals surface area contributed by atoms with Gasteiger partial charge < -0.3 is 4.90 Å². The standard InChI is InChI=1S/C20H16N2O3S/c23-19(13-11-18-12-14-20(26-18)22(24)25)21(17-9-5-2-6-10-17)15-16-7-3-1-4-8-16/h1-14H,15H2/b13-11+. The Hall–Kier alpha value is -3.25. The summed E-state index contributed by atoms with van der Waals surface area (Å²) in [6.45, 7) is 0.443. The van der Waals surface area contributed by atoms with Crippen LogP contribution in [-0.4, -0.2) is 10.8 Å². The average molecular weight is 364 g/mol. The van der Waals surface area contributed by atoms with E-state index in [1.165, 1.54) is 12.1 Å². The molecule has 130 valence electrons. The van der Waals surface area contributed by atoms with Gasteiger partial charge in [-0.15, -0.1) is 0 Å². The molecule has 0 aliphatic rings. The molecule has 2 aromatic carbocycles. The fourth-order valence-electron chi connectivity index (χ4n) is 2.44. The SMILES string of the molecule is O=C(/C=C/c1ccc([N+](=O)[O-])s1)N(Cc1ccccc1)c1ccccc1. The number of amides is 1. The van der Waals surface area contributed by atoms with Crippen LogP contribution in [0.1, 0.15) is 10.4 Å². The van der Waals surface area contributed by atoms with Crippen LogP contribution in [0, 0.1) is 10.1 Å². The quantitative estimate of drug-likeness (QED) is 0.355. The van der Waals surface area contributed by atoms with Crippen molar-refractivity contribution in [2.75, 3.05) is 4.90 Å². The molecule has 0 unspecified atom stereocenters. The Balaban J connectivity index is 1.82. The van der Waals surface area contributed by atoms with Crippen molar-refractivity contribution >= 4 is 34.0 Å². The molecule has 0 bridgehead atoms. The van der Waals surface area contributed by atoms with E-state index in [1.54, 1.807) is 17.0 Å². The number of thiophene rings is 1. The summed E-state index contributed by atoms with van der Waals surface area (Å²) in [5.41, 5.74) is 1.81. The molecule has 0 aliphatic heterocycles. The summed E-state index contributed by atoms with van der Waals surface area (Å²) in [4.78, 5) is 25.4. The maximum atomic E-state index is 12.8. The maximum Gasteiger partial charge on any atom is 0.324 e. The number of rotatable bonds is 6. The minimum Gasteiger partial charge on any atom is -0.304 e. The second-order valence-corrected chi connectivity index (χ2v) is 6.61. The topological polar surface area (TPSA) is 63.4 Å². The molecule has 0 fully saturated rings. The number of anilines is 1. The van der Waals surface area contributed by atoms with Gasteiger partial charge in [-0.25, -0.2) is 0 Å². The summed E-state index contributed by atoms with van der Waals surface area (Å²) >= 11 is 1.04. The van der Waals surface area contributed by atoms with Gasteiger partial charge in [-0.1, -0.05) is 59.9 Å². The number of carbonyl (C=O) groups excluding carboxylic acids is 1. The van der Waals surface area contributed by atoms with Crippen LogP contribution in [0.15, 0.2) is 78.9 Å². The molecule has 0 radical (unpaired) electrons. The largest absolute Gasteiger partial charge is 0.324 e. The fraction of sp³-hybridized carbons (Fsp3) is 0.0500. The minimum absolute atomic E-state index is 0.0568. The summed E-state index contributed by atoms with van der Waals surface area (Å²) in [7, 11) is 0. The molecule has 1 aromatic heterocycles. The fourth-order valence-corrected chi connectivity index (χ4v) is 3.17. The molecule has 26 heavy (non-hydrogen) atoms. The van der Waals surface area contributed by atoms with Crippen molar-refractivity contribution in [2.24, 2.45) is 0 Å². The average Bonchev–Trinajstić information content (AvgIpc) is 3.15. The van der Waals surface area contributed by atoms with E-state index in [9.17, 15) is 14.9 Å². The minimum atomic E-state index is -0.435. The predicted octanol–water partition coefficient (Wildman–Crippen LogP) is 4.90. The molecule has 3 rings (SSSR count). The lowest BCUT2D eigenvalue weighted by Crippen LogP contribution is -2.28. The number of hydrogen-bond donors (Lipinski definition) is 0. The number of nitro groups is 1. The van der Waals surface area contributed by atoms with E-state index in [0.29, 0.717) is 11.4 Å². The molecule has 1 amide bonds. The van der Waals surface area contributed by atoms with Crippen LogP contribution in [0.4, 0.5) is 10.7 Å². The predicted molar refractivity (Wildman–Crippen MR) is 104 cm³/mol. The van der Waals surface area contributed by atoms with Gasteiger partial charge >= 0.3 is 5.00 Å². The first-order valence-corrected chi connectivity index (χ1v) is 8.78. The molecule has 0 saturated carbocycles. The highest BCUT2D eigenvalue weighted by Gasteiger charge is 2.14. The van der Waals surface area contributed by atoms with Gasteiger partial charge in [0.05, 0.1) is 11.5 Å². The third kappa shape index (κ3) is 4.43. The molecule has 0 atom stereocenters. The number of nitrogens with zero attached hydrogens (tertiary/aromatic N) is 2. The molecule has 0 saturated heterocycles. The van der Waals surface area contributed by atoms with Crippen LogP contribution in [-0.2, 0) is 11.3 Å². The van der Waals surface area contributed by atoms with Crippen molar-refractivity contribution in [1.29, 1.82) is 0 Å². The van der Waals surface area contributed by atoms with Crippen LogP contribution in [0.3, 0.4) is 0 Å². The van der Waals surface area contributed by atoms with Crippen molar-refractivity contribution in [3.63, 3.8) is 0 Å². The first kappa shape index (κ1) is 17.6. The zero-order valence-corrected chi connectivity index (χ0v) is 14.6. The zero-order chi connectivity index (χ0) is 18.4. The maximum absolute atomic E-state index is 12.8. The molecule has 1 heterocycles. The van der Waals surface area contributed by atoms with Crippen LogP contribution in [0.2, 0.25) is 0 Å². The monoisotopic (exact) mass is 364 g/mol. The summed E-state index contributed by atoms with van der Waals surface area (Å²) in [5, 5.41) is 10.8. The molecule has 5 nitrogen and oxygen atoms in total. The van der Waals surface area contributed by atoms with Gasteiger partial charge in [0.15, 0.2) is 0 Å². The smallest absolute Gasteiger partial charge is 0.304 e. The number of para-hydroxylation sites is 1. The van der Waals surface area contributed by atoms with Gasteiger partial charge in [-0.3, -0.25) is 14.9 Å². The second kappa shape index (κ2) is 8.22. The van der Waals surface area contributed by atoms with E-state index in [4.69, 9.17) is 0 Å². The Morgan fingerprint density at radius 1 is 1.00 bits per heavy atom. The van der Waals surface area contributed by atoms with Crippen LogP contribution in [0.5, 0.6) is 0 Å². The van der Waals surface area contributed by atoms with Gasteiger partial charge in [-0.05, 0) is 29.8 Å². The second-order valence-electron chi connectivity index (χ2n) is 5.51. The van der Waals surface area contributed by atoms with Crippen molar-refractivity contribution in [3.8, 4) is 0 Å². The third-order valence-electron chi connectivity index (χ3n) is 3.70. The van der Waals surface area contributed by atoms with E-state index in [2.05, 4.69) is 0 Å². The van der Waals surface area contributed by atoms with Crippen LogP contribution < -0.4 is 4.90 Å². The Labute approximate surface area is 155 Å². The highest BCUT2D eigenvalue weighted by Crippen LogP contribution is 2.25. The summed E-state index contributed by atoms with van der Waals surface area (Å²) in [5.74, 6) is -0.184. The zero-order valence-electron chi connectivity index (χ0n) is 13.8. The van der Waals surface area contributed by atoms with Crippen molar-refractivity contribution in [3.05, 3.63) is 99.4 Å². The van der Waals surface area contributed by atoms with E-state index >= 15 is 0 Å². The van der Waals surface area contributed by atoms with Crippen LogP contribution >= 0.6 is 11.3 Å². The number of hydrogen-bond acceptors (Lipinski definition) is 4. The van der Waals surface area contributed by atoms with E-state index < -0.39 is 4.92 Å². The highest BCUT2D eigenvalue weighted by atomic mass is 32.1. The van der Waals surface area contributed by atoms with E-state index in [-0.39, 0.29) is 10.9 Å². The van der Waals surface area contributed by atoms with Gasteiger partial charge in [0.2, 0.25) is 0 Å². The Bertz CT molecular complexity index is 920. The van der Waals surface area contributed by atoms with Gasteiger partial charge in [-0.2, -0.15) is 0 Å². The molecule has 3 aromatic rings. The Kier molecular flexibility index (Phi) is 5.56. The molecular weight excluding hydrogens is 348 g/mol. The van der Waals surface area contributed by atoms with Crippen molar-refractivity contribution < 1.29 is 9.72 Å². The molecule has 0 spiro atoms. The molecule has 6 heteroatoms. The number of carbonyl (C=O) groups is 1. The lowest BCUT2D eigenvalue weighted by Gasteiger charge is -2.21.